The van der Waals surface area contributed by atoms with Crippen LogP contribution in [0.4, 0.5) is 0 Å². The highest BCUT2D eigenvalue weighted by atomic mass is 35.5. The van der Waals surface area contributed by atoms with Crippen LogP contribution in [0.2, 0.25) is 0 Å². The van der Waals surface area contributed by atoms with Gasteiger partial charge in [0.05, 0.1) is 12.8 Å². The lowest BCUT2D eigenvalue weighted by Gasteiger charge is -2.15. The van der Waals surface area contributed by atoms with Crippen LogP contribution in [0.15, 0.2) is 35.1 Å². The first-order valence-electron chi connectivity index (χ1n) is 6.35. The standard InChI is InChI=1S/C14H17N3O2S.ClH/c1-19-12-6-3-2-5-10(12)11-9-13(18)16-14(20)17(11)8-4-7-15;/h2-3,5-6,9H,4,7-8,15H2,1H3,(H,16,18,20);1H. The van der Waals surface area contributed by atoms with Crippen molar-refractivity contribution in [1.82, 2.24) is 9.55 Å². The molecule has 21 heavy (non-hydrogen) atoms. The first kappa shape index (κ1) is 17.4. The van der Waals surface area contributed by atoms with Gasteiger partial charge in [-0.2, -0.15) is 0 Å². The average Bonchev–Trinajstić information content (AvgIpc) is 2.45. The summed E-state index contributed by atoms with van der Waals surface area (Å²) in [6.07, 6.45) is 0.780. The summed E-state index contributed by atoms with van der Waals surface area (Å²) in [5.74, 6) is 0.703. The van der Waals surface area contributed by atoms with E-state index in [1.807, 2.05) is 28.8 Å². The molecule has 0 fully saturated rings. The Bertz CT molecular complexity index is 712. The van der Waals surface area contributed by atoms with Crippen LogP contribution >= 0.6 is 24.6 Å². The summed E-state index contributed by atoms with van der Waals surface area (Å²) < 4.78 is 7.63. The van der Waals surface area contributed by atoms with Gasteiger partial charge in [0.1, 0.15) is 5.75 Å². The second-order valence-corrected chi connectivity index (χ2v) is 4.70. The number of hydrogen-bond donors (Lipinski definition) is 2. The van der Waals surface area contributed by atoms with Crippen LogP contribution < -0.4 is 16.0 Å². The van der Waals surface area contributed by atoms with E-state index in [4.69, 9.17) is 22.7 Å². The molecule has 7 heteroatoms. The first-order chi connectivity index (χ1) is 9.67. The van der Waals surface area contributed by atoms with E-state index >= 15 is 0 Å². The Labute approximate surface area is 134 Å². The van der Waals surface area contributed by atoms with Gasteiger partial charge in [-0.3, -0.25) is 9.78 Å². The smallest absolute Gasteiger partial charge is 0.252 e. The third-order valence-electron chi connectivity index (χ3n) is 3.00. The Kier molecular flexibility index (Phi) is 6.61. The Morgan fingerprint density at radius 2 is 2.10 bits per heavy atom. The maximum absolute atomic E-state index is 11.7. The van der Waals surface area contributed by atoms with Crippen LogP contribution in [0.1, 0.15) is 6.42 Å². The zero-order valence-electron chi connectivity index (χ0n) is 11.7. The lowest BCUT2D eigenvalue weighted by atomic mass is 10.1. The molecule has 1 aromatic carbocycles. The topological polar surface area (TPSA) is 73.0 Å². The van der Waals surface area contributed by atoms with E-state index in [0.717, 1.165) is 17.7 Å². The predicted octanol–water partition coefficient (Wildman–Crippen LogP) is 2.35. The molecule has 0 aliphatic carbocycles. The Hall–Kier alpha value is -1.63. The Morgan fingerprint density at radius 1 is 1.38 bits per heavy atom. The van der Waals surface area contributed by atoms with Crippen molar-refractivity contribution in [2.45, 2.75) is 13.0 Å². The quantitative estimate of drug-likeness (QED) is 0.827. The number of ether oxygens (including phenoxy) is 1. The van der Waals surface area contributed by atoms with Crippen LogP contribution in [0.3, 0.4) is 0 Å². The maximum atomic E-state index is 11.7. The first-order valence-corrected chi connectivity index (χ1v) is 6.76. The van der Waals surface area contributed by atoms with Crippen molar-refractivity contribution in [3.63, 3.8) is 0 Å². The van der Waals surface area contributed by atoms with Gasteiger partial charge < -0.3 is 15.0 Å². The molecule has 3 N–H and O–H groups in total. The van der Waals surface area contributed by atoms with Crippen molar-refractivity contribution >= 4 is 24.6 Å². The second-order valence-electron chi connectivity index (χ2n) is 4.32. The summed E-state index contributed by atoms with van der Waals surface area (Å²) in [6.45, 7) is 1.21. The monoisotopic (exact) mass is 327 g/mol. The minimum absolute atomic E-state index is 0. The lowest BCUT2D eigenvalue weighted by Crippen LogP contribution is -2.16. The van der Waals surface area contributed by atoms with Crippen LogP contribution in [0.25, 0.3) is 11.3 Å². The molecule has 0 spiro atoms. The van der Waals surface area contributed by atoms with Gasteiger partial charge in [0, 0.05) is 18.2 Å². The number of methoxy groups -OCH3 is 1. The number of aromatic amines is 1. The average molecular weight is 328 g/mol. The minimum atomic E-state index is -0.222. The molecule has 0 bridgehead atoms. The molecule has 0 amide bonds. The SMILES string of the molecule is COc1ccccc1-c1cc(=O)[nH]c(=S)n1CCCN.Cl. The van der Waals surface area contributed by atoms with Crippen LogP contribution in [0.5, 0.6) is 5.75 Å². The molecule has 0 unspecified atom stereocenters. The summed E-state index contributed by atoms with van der Waals surface area (Å²) in [5.41, 5.74) is 6.91. The third-order valence-corrected chi connectivity index (χ3v) is 3.33. The molecular weight excluding hydrogens is 310 g/mol. The van der Waals surface area contributed by atoms with E-state index < -0.39 is 0 Å². The lowest BCUT2D eigenvalue weighted by molar-refractivity contribution is 0.416. The van der Waals surface area contributed by atoms with Crippen molar-refractivity contribution < 1.29 is 4.74 Å². The van der Waals surface area contributed by atoms with Crippen molar-refractivity contribution in [1.29, 1.82) is 0 Å². The number of H-pyrrole nitrogens is 1. The highest BCUT2D eigenvalue weighted by molar-refractivity contribution is 7.71. The molecule has 5 nitrogen and oxygen atoms in total. The fourth-order valence-corrected chi connectivity index (χ4v) is 2.36. The Morgan fingerprint density at radius 3 is 2.76 bits per heavy atom. The zero-order valence-corrected chi connectivity index (χ0v) is 13.3. The molecule has 0 aliphatic heterocycles. The Balaban J connectivity index is 0.00000220. The van der Waals surface area contributed by atoms with Gasteiger partial charge in [-0.05, 0) is 37.3 Å². The number of aromatic nitrogens is 2. The van der Waals surface area contributed by atoms with Crippen LogP contribution in [-0.4, -0.2) is 23.2 Å². The normalized spacial score (nSPS) is 10.0. The second kappa shape index (κ2) is 7.97. The summed E-state index contributed by atoms with van der Waals surface area (Å²) in [7, 11) is 1.60. The van der Waals surface area contributed by atoms with Gasteiger partial charge in [-0.25, -0.2) is 0 Å². The van der Waals surface area contributed by atoms with E-state index in [1.54, 1.807) is 7.11 Å². The molecule has 1 heterocycles. The number of hydrogen-bond acceptors (Lipinski definition) is 4. The van der Waals surface area contributed by atoms with Gasteiger partial charge in [-0.1, -0.05) is 12.1 Å². The van der Waals surface area contributed by atoms with Crippen LogP contribution in [-0.2, 0) is 6.54 Å². The van der Waals surface area contributed by atoms with E-state index in [9.17, 15) is 4.79 Å². The number of benzene rings is 1. The number of para-hydroxylation sites is 1. The summed E-state index contributed by atoms with van der Waals surface area (Å²) in [6, 6.07) is 9.07. The van der Waals surface area contributed by atoms with Crippen molar-refractivity contribution in [3.05, 3.63) is 45.5 Å². The van der Waals surface area contributed by atoms with Gasteiger partial charge in [0.2, 0.25) is 0 Å². The summed E-state index contributed by atoms with van der Waals surface area (Å²) in [5, 5.41) is 0. The number of halogens is 1. The van der Waals surface area contributed by atoms with Gasteiger partial charge in [0.15, 0.2) is 4.77 Å². The molecule has 0 radical (unpaired) electrons. The van der Waals surface area contributed by atoms with E-state index in [1.165, 1.54) is 6.07 Å². The van der Waals surface area contributed by atoms with Crippen molar-refractivity contribution in [3.8, 4) is 17.0 Å². The molecule has 2 rings (SSSR count). The molecule has 2 aromatic rings. The number of nitrogens with zero attached hydrogens (tertiary/aromatic N) is 1. The summed E-state index contributed by atoms with van der Waals surface area (Å²) in [4.78, 5) is 14.3. The van der Waals surface area contributed by atoms with Crippen molar-refractivity contribution in [2.75, 3.05) is 13.7 Å². The predicted molar refractivity (Wildman–Crippen MR) is 88.8 cm³/mol. The maximum Gasteiger partial charge on any atom is 0.252 e. The fraction of sp³-hybridized carbons (Fsp3) is 0.286. The van der Waals surface area contributed by atoms with Gasteiger partial charge in [0.25, 0.3) is 5.56 Å². The van der Waals surface area contributed by atoms with Crippen molar-refractivity contribution in [2.24, 2.45) is 5.73 Å². The minimum Gasteiger partial charge on any atom is -0.496 e. The number of nitrogens with two attached hydrogens (primary N) is 1. The molecule has 1 aromatic heterocycles. The van der Waals surface area contributed by atoms with E-state index in [-0.39, 0.29) is 18.0 Å². The molecule has 114 valence electrons. The van der Waals surface area contributed by atoms with E-state index in [2.05, 4.69) is 4.98 Å². The molecule has 0 atom stereocenters. The van der Waals surface area contributed by atoms with Gasteiger partial charge >= 0.3 is 0 Å². The highest BCUT2D eigenvalue weighted by Crippen LogP contribution is 2.28. The summed E-state index contributed by atoms with van der Waals surface area (Å²) >= 11 is 5.25. The largest absolute Gasteiger partial charge is 0.496 e. The fourth-order valence-electron chi connectivity index (χ4n) is 2.07. The van der Waals surface area contributed by atoms with E-state index in [0.29, 0.717) is 23.6 Å². The van der Waals surface area contributed by atoms with Gasteiger partial charge in [-0.15, -0.1) is 12.4 Å². The zero-order chi connectivity index (χ0) is 14.5. The molecule has 0 saturated carbocycles. The molecular formula is C14H18ClN3O2S. The number of rotatable bonds is 5. The highest BCUT2D eigenvalue weighted by Gasteiger charge is 2.10. The third kappa shape index (κ3) is 3.93. The van der Waals surface area contributed by atoms with Crippen LogP contribution in [0, 0.1) is 4.77 Å². The molecule has 0 saturated heterocycles. The molecule has 0 aliphatic rings. The number of nitrogens with one attached hydrogen (secondary N) is 1.